The predicted molar refractivity (Wildman–Crippen MR) is 37.3 cm³/mol. The summed E-state index contributed by atoms with van der Waals surface area (Å²) in [4.78, 5) is 0.0159. The number of hydrogen-bond donors (Lipinski definition) is 6. The van der Waals surface area contributed by atoms with Crippen LogP contribution in [-0.2, 0) is 0 Å². The molecule has 0 unspecified atom stereocenters. The molecule has 0 radical (unpaired) electrons. The molecule has 1 aromatic rings. The Morgan fingerprint density at radius 2 is 1.17 bits per heavy atom. The molecule has 12 heavy (non-hydrogen) atoms. The van der Waals surface area contributed by atoms with Gasteiger partial charge in [-0.25, -0.2) is 0 Å². The van der Waals surface area contributed by atoms with E-state index in [1.807, 2.05) is 0 Å². The molecule has 1 rings (SSSR count). The summed E-state index contributed by atoms with van der Waals surface area (Å²) < 4.78 is 0. The molecule has 0 saturated carbocycles. The normalized spacial score (nSPS) is 10.0. The summed E-state index contributed by atoms with van der Waals surface area (Å²) in [5, 5.41) is 31.9. The molecule has 8 nitrogen and oxygen atoms in total. The third-order valence-electron chi connectivity index (χ3n) is 1.38. The monoisotopic (exact) mass is 172 g/mol. The summed E-state index contributed by atoms with van der Waals surface area (Å²) >= 11 is 0. The molecule has 0 aromatic carbocycles. The fraction of sp³-hybridized carbons (Fsp3) is 0. The van der Waals surface area contributed by atoms with Gasteiger partial charge in [-0.1, -0.05) is 9.69 Å². The molecule has 0 aliphatic heterocycles. The standard InChI is InChI=1S/C4H8N6O2/c5-1-2(6)4(8)10(12)9(11)3(1)7/h7-8,11-12H,5-6H2. The van der Waals surface area contributed by atoms with E-state index in [0.29, 0.717) is 0 Å². The molecule has 1 heterocycles. The van der Waals surface area contributed by atoms with E-state index in [1.165, 1.54) is 0 Å². The highest BCUT2D eigenvalue weighted by Gasteiger charge is 2.07. The third-order valence-corrected chi connectivity index (χ3v) is 1.38. The quantitative estimate of drug-likeness (QED) is 0.248. The van der Waals surface area contributed by atoms with Gasteiger partial charge in [-0.15, -0.1) is 0 Å². The predicted octanol–water partition coefficient (Wildman–Crippen LogP) is -2.11. The summed E-state index contributed by atoms with van der Waals surface area (Å²) in [6.07, 6.45) is 0. The molecule has 0 saturated heterocycles. The van der Waals surface area contributed by atoms with Crippen LogP contribution in [0.25, 0.3) is 0 Å². The van der Waals surface area contributed by atoms with Crippen molar-refractivity contribution in [2.45, 2.75) is 0 Å². The molecular weight excluding hydrogens is 164 g/mol. The summed E-state index contributed by atoms with van der Waals surface area (Å²) in [5.74, 6) is 0. The number of nitrogens with two attached hydrogens (primary N) is 2. The Morgan fingerprint density at radius 3 is 1.42 bits per heavy atom. The Labute approximate surface area is 65.8 Å². The van der Waals surface area contributed by atoms with Gasteiger partial charge in [0, 0.05) is 0 Å². The van der Waals surface area contributed by atoms with Crippen molar-refractivity contribution in [1.82, 2.24) is 9.69 Å². The van der Waals surface area contributed by atoms with Crippen molar-refractivity contribution in [3.05, 3.63) is 11.0 Å². The fourth-order valence-electron chi connectivity index (χ4n) is 0.660. The SMILES string of the molecule is N=c1c(N)c(N)c(=N)n(O)n1O. The second-order valence-electron chi connectivity index (χ2n) is 2.10. The number of hydrogen-bond acceptors (Lipinski definition) is 6. The van der Waals surface area contributed by atoms with Crippen molar-refractivity contribution in [3.8, 4) is 0 Å². The third kappa shape index (κ3) is 0.779. The number of rotatable bonds is 0. The molecule has 0 aliphatic rings. The Kier molecular flexibility index (Phi) is 1.45. The van der Waals surface area contributed by atoms with Crippen LogP contribution in [0.2, 0.25) is 0 Å². The first kappa shape index (κ1) is 7.98. The second-order valence-corrected chi connectivity index (χ2v) is 2.10. The van der Waals surface area contributed by atoms with Crippen LogP contribution in [0.1, 0.15) is 0 Å². The van der Waals surface area contributed by atoms with Gasteiger partial charge < -0.3 is 21.9 Å². The Morgan fingerprint density at radius 1 is 0.917 bits per heavy atom. The van der Waals surface area contributed by atoms with Gasteiger partial charge in [-0.2, -0.15) is 0 Å². The van der Waals surface area contributed by atoms with Gasteiger partial charge in [0.15, 0.2) is 0 Å². The first-order valence-electron chi connectivity index (χ1n) is 2.87. The van der Waals surface area contributed by atoms with Crippen LogP contribution in [0, 0.1) is 10.8 Å². The van der Waals surface area contributed by atoms with Gasteiger partial charge in [-0.3, -0.25) is 10.8 Å². The molecule has 8 N–H and O–H groups in total. The first-order chi connectivity index (χ1) is 5.46. The van der Waals surface area contributed by atoms with Crippen LogP contribution in [0.15, 0.2) is 0 Å². The number of anilines is 2. The Balaban J connectivity index is 3.86. The van der Waals surface area contributed by atoms with Crippen LogP contribution < -0.4 is 22.4 Å². The van der Waals surface area contributed by atoms with Crippen molar-refractivity contribution < 1.29 is 10.4 Å². The largest absolute Gasteiger partial charge is 0.409 e. The molecule has 0 atom stereocenters. The molecule has 0 amide bonds. The highest BCUT2D eigenvalue weighted by atomic mass is 16.6. The van der Waals surface area contributed by atoms with Crippen LogP contribution in [-0.4, -0.2) is 20.1 Å². The minimum absolute atomic E-state index is 0.00796. The fourth-order valence-corrected chi connectivity index (χ4v) is 0.660. The van der Waals surface area contributed by atoms with E-state index in [0.717, 1.165) is 0 Å². The Hall–Kier alpha value is -2.12. The molecular formula is C4H8N6O2. The summed E-state index contributed by atoms with van der Waals surface area (Å²) in [6, 6.07) is 0. The van der Waals surface area contributed by atoms with E-state index in [-0.39, 0.29) is 21.1 Å². The zero-order valence-corrected chi connectivity index (χ0v) is 5.94. The molecule has 1 aromatic heterocycles. The minimum Gasteiger partial charge on any atom is -0.409 e. The lowest BCUT2D eigenvalue weighted by molar-refractivity contribution is -0.0320. The van der Waals surface area contributed by atoms with Gasteiger partial charge >= 0.3 is 0 Å². The van der Waals surface area contributed by atoms with Crippen LogP contribution in [0.4, 0.5) is 11.4 Å². The zero-order valence-electron chi connectivity index (χ0n) is 5.94. The van der Waals surface area contributed by atoms with Gasteiger partial charge in [0.1, 0.15) is 11.4 Å². The molecule has 0 bridgehead atoms. The molecule has 0 spiro atoms. The van der Waals surface area contributed by atoms with Gasteiger partial charge in [-0.05, 0) is 0 Å². The lowest BCUT2D eigenvalue weighted by Crippen LogP contribution is -2.39. The van der Waals surface area contributed by atoms with E-state index >= 15 is 0 Å². The smallest absolute Gasteiger partial charge is 0.209 e. The minimum atomic E-state index is -0.578. The van der Waals surface area contributed by atoms with Gasteiger partial charge in [0.25, 0.3) is 0 Å². The zero-order chi connectivity index (χ0) is 9.46. The summed E-state index contributed by atoms with van der Waals surface area (Å²) in [7, 11) is 0. The maximum atomic E-state index is 8.88. The lowest BCUT2D eigenvalue weighted by atomic mass is 10.4. The van der Waals surface area contributed by atoms with Crippen molar-refractivity contribution in [2.24, 2.45) is 0 Å². The van der Waals surface area contributed by atoms with Crippen molar-refractivity contribution >= 4 is 11.4 Å². The summed E-state index contributed by atoms with van der Waals surface area (Å²) in [5.41, 5.74) is 8.76. The average Bonchev–Trinajstić information content (AvgIpc) is 2.08. The number of nitrogen functional groups attached to an aromatic ring is 2. The maximum Gasteiger partial charge on any atom is 0.209 e. The van der Waals surface area contributed by atoms with Crippen LogP contribution in [0.3, 0.4) is 0 Å². The number of aromatic nitrogens is 2. The average molecular weight is 172 g/mol. The summed E-state index contributed by atoms with van der Waals surface area (Å²) in [6.45, 7) is 0. The van der Waals surface area contributed by atoms with Gasteiger partial charge in [0.2, 0.25) is 11.0 Å². The maximum absolute atomic E-state index is 8.88. The Bertz CT molecular complexity index is 352. The highest BCUT2D eigenvalue weighted by Crippen LogP contribution is 1.97. The molecule has 0 aliphatic carbocycles. The first-order valence-corrected chi connectivity index (χ1v) is 2.87. The molecule has 66 valence electrons. The van der Waals surface area contributed by atoms with Crippen LogP contribution in [0.5, 0.6) is 0 Å². The van der Waals surface area contributed by atoms with E-state index in [1.54, 1.807) is 0 Å². The van der Waals surface area contributed by atoms with Crippen molar-refractivity contribution in [3.63, 3.8) is 0 Å². The second kappa shape index (κ2) is 2.19. The van der Waals surface area contributed by atoms with E-state index < -0.39 is 11.0 Å². The van der Waals surface area contributed by atoms with Gasteiger partial charge in [0.05, 0.1) is 0 Å². The van der Waals surface area contributed by atoms with Crippen molar-refractivity contribution in [2.75, 3.05) is 11.5 Å². The molecule has 8 heteroatoms. The molecule has 0 fully saturated rings. The van der Waals surface area contributed by atoms with E-state index in [2.05, 4.69) is 0 Å². The van der Waals surface area contributed by atoms with E-state index in [9.17, 15) is 0 Å². The lowest BCUT2D eigenvalue weighted by Gasteiger charge is -2.07. The highest BCUT2D eigenvalue weighted by molar-refractivity contribution is 5.58. The van der Waals surface area contributed by atoms with Crippen molar-refractivity contribution in [1.29, 1.82) is 10.8 Å². The van der Waals surface area contributed by atoms with E-state index in [4.69, 9.17) is 32.7 Å². The topological polar surface area (TPSA) is 150 Å². The number of nitrogens with one attached hydrogen (secondary N) is 2. The number of nitrogens with zero attached hydrogens (tertiary/aromatic N) is 2. The van der Waals surface area contributed by atoms with Crippen LogP contribution >= 0.6 is 0 Å².